The molecule has 100 valence electrons. The minimum absolute atomic E-state index is 0.211. The number of rotatable bonds is 2. The second-order valence-electron chi connectivity index (χ2n) is 5.55. The summed E-state index contributed by atoms with van der Waals surface area (Å²) in [5, 5.41) is 0. The molecule has 0 amide bonds. The predicted octanol–water partition coefficient (Wildman–Crippen LogP) is 3.82. The highest BCUT2D eigenvalue weighted by Gasteiger charge is 2.46. The molecule has 0 radical (unpaired) electrons. The van der Waals surface area contributed by atoms with E-state index in [-0.39, 0.29) is 10.8 Å². The summed E-state index contributed by atoms with van der Waals surface area (Å²) in [4.78, 5) is 9.16. The first-order valence-electron chi connectivity index (χ1n) is 6.87. The van der Waals surface area contributed by atoms with E-state index in [1.54, 1.807) is 0 Å². The van der Waals surface area contributed by atoms with E-state index < -0.39 is 0 Å². The minimum Gasteiger partial charge on any atom is -0.260 e. The van der Waals surface area contributed by atoms with E-state index >= 15 is 0 Å². The molecule has 1 aliphatic carbocycles. The summed E-state index contributed by atoms with van der Waals surface area (Å²) in [7, 11) is 0. The van der Waals surface area contributed by atoms with Gasteiger partial charge >= 0.3 is 0 Å². The lowest BCUT2D eigenvalue weighted by Crippen LogP contribution is -2.44. The van der Waals surface area contributed by atoms with Crippen LogP contribution in [-0.2, 0) is 10.8 Å². The van der Waals surface area contributed by atoms with Crippen molar-refractivity contribution in [3.05, 3.63) is 84.5 Å². The summed E-state index contributed by atoms with van der Waals surface area (Å²) < 4.78 is 0. The fourth-order valence-electron chi connectivity index (χ4n) is 2.89. The third kappa shape index (κ3) is 1.80. The summed E-state index contributed by atoms with van der Waals surface area (Å²) in [5.41, 5.74) is 1.71. The van der Waals surface area contributed by atoms with Crippen molar-refractivity contribution in [3.63, 3.8) is 0 Å². The standard InChI is InChI=1S/C18H18N2/c1-17(15-9-3-7-13-19-15)11-5-6-12-18(17,2)16-10-4-8-14-20-16/h3-14H,1-2H3. The molecule has 0 aromatic carbocycles. The summed E-state index contributed by atoms with van der Waals surface area (Å²) in [6.07, 6.45) is 12.4. The Hall–Kier alpha value is -2.22. The zero-order valence-corrected chi connectivity index (χ0v) is 11.8. The van der Waals surface area contributed by atoms with Crippen LogP contribution in [0.2, 0.25) is 0 Å². The zero-order chi connectivity index (χ0) is 14.1. The molecule has 2 atom stereocenters. The quantitative estimate of drug-likeness (QED) is 0.822. The Morgan fingerprint density at radius 2 is 1.15 bits per heavy atom. The summed E-state index contributed by atoms with van der Waals surface area (Å²) in [6, 6.07) is 12.2. The van der Waals surface area contributed by atoms with Crippen LogP contribution in [0, 0.1) is 0 Å². The molecular weight excluding hydrogens is 244 g/mol. The fourth-order valence-corrected chi connectivity index (χ4v) is 2.89. The average Bonchev–Trinajstić information content (AvgIpc) is 2.52. The molecule has 2 heterocycles. The first kappa shape index (κ1) is 12.8. The van der Waals surface area contributed by atoms with E-state index in [2.05, 4.69) is 60.3 Å². The maximum absolute atomic E-state index is 4.58. The number of nitrogens with zero attached hydrogens (tertiary/aromatic N) is 2. The number of aromatic nitrogens is 2. The summed E-state index contributed by atoms with van der Waals surface area (Å²) in [5.74, 6) is 0. The van der Waals surface area contributed by atoms with Gasteiger partial charge in [0.15, 0.2) is 0 Å². The van der Waals surface area contributed by atoms with Gasteiger partial charge in [0, 0.05) is 23.2 Å². The van der Waals surface area contributed by atoms with E-state index in [0.29, 0.717) is 0 Å². The van der Waals surface area contributed by atoms with Gasteiger partial charge in [-0.05, 0) is 38.1 Å². The highest BCUT2D eigenvalue weighted by Crippen LogP contribution is 2.46. The zero-order valence-electron chi connectivity index (χ0n) is 11.8. The molecule has 2 heteroatoms. The predicted molar refractivity (Wildman–Crippen MR) is 81.5 cm³/mol. The highest BCUT2D eigenvalue weighted by atomic mass is 14.8. The Kier molecular flexibility index (Phi) is 3.01. The van der Waals surface area contributed by atoms with Gasteiger partial charge in [0.05, 0.1) is 11.4 Å². The third-order valence-electron chi connectivity index (χ3n) is 4.44. The Labute approximate surface area is 119 Å². The monoisotopic (exact) mass is 262 g/mol. The lowest BCUT2D eigenvalue weighted by atomic mass is 9.60. The van der Waals surface area contributed by atoms with Crippen molar-refractivity contribution in [1.82, 2.24) is 9.97 Å². The molecule has 2 nitrogen and oxygen atoms in total. The fraction of sp³-hybridized carbons (Fsp3) is 0.222. The molecular formula is C18H18N2. The first-order valence-corrected chi connectivity index (χ1v) is 6.87. The molecule has 0 spiro atoms. The normalized spacial score (nSPS) is 28.5. The molecule has 2 aromatic rings. The van der Waals surface area contributed by atoms with Gasteiger partial charge < -0.3 is 0 Å². The number of hydrogen-bond acceptors (Lipinski definition) is 2. The Morgan fingerprint density at radius 3 is 1.50 bits per heavy atom. The van der Waals surface area contributed by atoms with Crippen LogP contribution >= 0.6 is 0 Å². The van der Waals surface area contributed by atoms with Crippen molar-refractivity contribution in [2.45, 2.75) is 24.7 Å². The van der Waals surface area contributed by atoms with E-state index in [9.17, 15) is 0 Å². The molecule has 0 N–H and O–H groups in total. The molecule has 0 saturated heterocycles. The molecule has 0 fully saturated rings. The van der Waals surface area contributed by atoms with Crippen molar-refractivity contribution in [2.75, 3.05) is 0 Å². The molecule has 0 bridgehead atoms. The Morgan fingerprint density at radius 1 is 0.700 bits per heavy atom. The van der Waals surface area contributed by atoms with Crippen molar-refractivity contribution >= 4 is 0 Å². The lowest BCUT2D eigenvalue weighted by molar-refractivity contribution is 0.364. The topological polar surface area (TPSA) is 25.8 Å². The smallest absolute Gasteiger partial charge is 0.0513 e. The van der Waals surface area contributed by atoms with Crippen LogP contribution in [0.5, 0.6) is 0 Å². The van der Waals surface area contributed by atoms with Gasteiger partial charge in [-0.3, -0.25) is 9.97 Å². The summed E-state index contributed by atoms with van der Waals surface area (Å²) >= 11 is 0. The van der Waals surface area contributed by atoms with Crippen LogP contribution in [0.3, 0.4) is 0 Å². The van der Waals surface area contributed by atoms with E-state index in [0.717, 1.165) is 11.4 Å². The minimum atomic E-state index is -0.211. The molecule has 2 aromatic heterocycles. The SMILES string of the molecule is CC1(c2ccccn2)C=CC=CC1(C)c1ccccn1. The third-order valence-corrected chi connectivity index (χ3v) is 4.44. The van der Waals surface area contributed by atoms with Crippen LogP contribution in [0.1, 0.15) is 25.2 Å². The lowest BCUT2D eigenvalue weighted by Gasteiger charge is -2.43. The van der Waals surface area contributed by atoms with Gasteiger partial charge in [0.1, 0.15) is 0 Å². The van der Waals surface area contributed by atoms with Gasteiger partial charge in [-0.15, -0.1) is 0 Å². The van der Waals surface area contributed by atoms with E-state index in [1.165, 1.54) is 0 Å². The van der Waals surface area contributed by atoms with Crippen molar-refractivity contribution < 1.29 is 0 Å². The summed E-state index contributed by atoms with van der Waals surface area (Å²) in [6.45, 7) is 4.45. The van der Waals surface area contributed by atoms with Crippen LogP contribution < -0.4 is 0 Å². The largest absolute Gasteiger partial charge is 0.260 e. The second-order valence-corrected chi connectivity index (χ2v) is 5.55. The van der Waals surface area contributed by atoms with E-state index in [1.807, 2.05) is 36.7 Å². The van der Waals surface area contributed by atoms with Crippen LogP contribution in [0.25, 0.3) is 0 Å². The molecule has 3 rings (SSSR count). The van der Waals surface area contributed by atoms with E-state index in [4.69, 9.17) is 0 Å². The molecule has 2 unspecified atom stereocenters. The van der Waals surface area contributed by atoms with Crippen LogP contribution in [0.4, 0.5) is 0 Å². The van der Waals surface area contributed by atoms with Gasteiger partial charge in [-0.2, -0.15) is 0 Å². The highest BCUT2D eigenvalue weighted by molar-refractivity contribution is 5.44. The van der Waals surface area contributed by atoms with Crippen molar-refractivity contribution in [1.29, 1.82) is 0 Å². The first-order chi connectivity index (χ1) is 9.67. The van der Waals surface area contributed by atoms with Crippen molar-refractivity contribution in [2.24, 2.45) is 0 Å². The maximum Gasteiger partial charge on any atom is 0.0513 e. The van der Waals surface area contributed by atoms with Crippen molar-refractivity contribution in [3.8, 4) is 0 Å². The molecule has 20 heavy (non-hydrogen) atoms. The maximum atomic E-state index is 4.58. The van der Waals surface area contributed by atoms with Gasteiger partial charge in [-0.25, -0.2) is 0 Å². The Bertz CT molecular complexity index is 586. The number of pyridine rings is 2. The molecule has 1 aliphatic rings. The number of hydrogen-bond donors (Lipinski definition) is 0. The second kappa shape index (κ2) is 4.71. The Balaban J connectivity index is 2.19. The average molecular weight is 262 g/mol. The van der Waals surface area contributed by atoms with Crippen LogP contribution in [-0.4, -0.2) is 9.97 Å². The van der Waals surface area contributed by atoms with Gasteiger partial charge in [-0.1, -0.05) is 36.4 Å². The molecule has 0 aliphatic heterocycles. The number of allylic oxidation sites excluding steroid dienone is 4. The van der Waals surface area contributed by atoms with Gasteiger partial charge in [0.2, 0.25) is 0 Å². The van der Waals surface area contributed by atoms with Crippen LogP contribution in [0.15, 0.2) is 73.1 Å². The van der Waals surface area contributed by atoms with Gasteiger partial charge in [0.25, 0.3) is 0 Å². The molecule has 0 saturated carbocycles.